The number of carbonyl (C=O) groups excluding carboxylic acids is 1. The fourth-order valence-electron chi connectivity index (χ4n) is 2.16. The van der Waals surface area contributed by atoms with Gasteiger partial charge in [0.25, 0.3) is 0 Å². The van der Waals surface area contributed by atoms with E-state index in [4.69, 9.17) is 5.73 Å². The fraction of sp³-hybridized carbons (Fsp3) is 0.462. The zero-order chi connectivity index (χ0) is 14.0. The minimum absolute atomic E-state index is 0.162. The van der Waals surface area contributed by atoms with E-state index in [0.29, 0.717) is 25.2 Å². The van der Waals surface area contributed by atoms with Gasteiger partial charge in [0.15, 0.2) is 0 Å². The first-order valence-electron chi connectivity index (χ1n) is 6.21. The van der Waals surface area contributed by atoms with Crippen molar-refractivity contribution in [2.45, 2.75) is 13.0 Å². The molecule has 1 heterocycles. The van der Waals surface area contributed by atoms with Gasteiger partial charge in [0.2, 0.25) is 0 Å². The Balaban J connectivity index is 2.12. The van der Waals surface area contributed by atoms with Crippen LogP contribution < -0.4 is 11.1 Å². The number of rotatable bonds is 4. The Morgan fingerprint density at radius 1 is 1.63 bits per heavy atom. The molecule has 2 unspecified atom stereocenters. The molecule has 3 N–H and O–H groups in total. The maximum atomic E-state index is 13.8. The fourth-order valence-corrected chi connectivity index (χ4v) is 2.53. The molecule has 1 aliphatic rings. The molecule has 0 radical (unpaired) electrons. The van der Waals surface area contributed by atoms with E-state index in [9.17, 15) is 9.18 Å². The van der Waals surface area contributed by atoms with Crippen molar-refractivity contribution >= 4 is 22.0 Å². The number of benzene rings is 1. The number of nitrogens with two attached hydrogens (primary N) is 1. The van der Waals surface area contributed by atoms with Gasteiger partial charge in [0.05, 0.1) is 6.04 Å². The second-order valence-electron chi connectivity index (χ2n) is 4.91. The highest BCUT2D eigenvalue weighted by molar-refractivity contribution is 9.10. The summed E-state index contributed by atoms with van der Waals surface area (Å²) in [7, 11) is 0. The summed E-state index contributed by atoms with van der Waals surface area (Å²) in [5.74, 6) is -0.0703. The lowest BCUT2D eigenvalue weighted by atomic mass is 10.1. The number of amides is 2. The molecular formula is C13H17BrFN3O. The maximum absolute atomic E-state index is 13.8. The standard InChI is InChI=1S/C13H17BrFN3O/c1-8(5-16)6-18-7-12(17-13(18)19)10-4-9(14)2-3-11(10)15/h2-4,8,12H,5-7,16H2,1H3,(H,17,19). The van der Waals surface area contributed by atoms with E-state index in [1.807, 2.05) is 6.92 Å². The number of urea groups is 1. The molecule has 0 saturated carbocycles. The first kappa shape index (κ1) is 14.3. The van der Waals surface area contributed by atoms with Crippen LogP contribution in [-0.4, -0.2) is 30.6 Å². The van der Waals surface area contributed by atoms with Gasteiger partial charge in [-0.3, -0.25) is 0 Å². The van der Waals surface area contributed by atoms with Gasteiger partial charge in [-0.15, -0.1) is 0 Å². The van der Waals surface area contributed by atoms with E-state index >= 15 is 0 Å². The Hall–Kier alpha value is -1.14. The van der Waals surface area contributed by atoms with Gasteiger partial charge in [0.1, 0.15) is 5.82 Å². The van der Waals surface area contributed by atoms with Gasteiger partial charge in [-0.1, -0.05) is 22.9 Å². The Kier molecular flexibility index (Phi) is 4.42. The smallest absolute Gasteiger partial charge is 0.318 e. The Labute approximate surface area is 120 Å². The van der Waals surface area contributed by atoms with Crippen molar-refractivity contribution in [3.63, 3.8) is 0 Å². The normalized spacial score (nSPS) is 20.5. The zero-order valence-electron chi connectivity index (χ0n) is 10.7. The lowest BCUT2D eigenvalue weighted by Crippen LogP contribution is -2.34. The summed E-state index contributed by atoms with van der Waals surface area (Å²) in [6.45, 7) is 3.57. The minimum Gasteiger partial charge on any atom is -0.330 e. The quantitative estimate of drug-likeness (QED) is 0.890. The lowest BCUT2D eigenvalue weighted by Gasteiger charge is -2.18. The Morgan fingerprint density at radius 2 is 2.37 bits per heavy atom. The molecule has 1 aromatic rings. The second-order valence-corrected chi connectivity index (χ2v) is 5.83. The van der Waals surface area contributed by atoms with E-state index in [0.717, 1.165) is 4.47 Å². The van der Waals surface area contributed by atoms with Crippen molar-refractivity contribution in [2.75, 3.05) is 19.6 Å². The molecule has 0 spiro atoms. The molecule has 104 valence electrons. The number of nitrogens with zero attached hydrogens (tertiary/aromatic N) is 1. The summed E-state index contributed by atoms with van der Waals surface area (Å²) in [5, 5.41) is 2.80. The van der Waals surface area contributed by atoms with Gasteiger partial charge in [-0.25, -0.2) is 9.18 Å². The van der Waals surface area contributed by atoms with Gasteiger partial charge in [0, 0.05) is 23.1 Å². The van der Waals surface area contributed by atoms with Crippen LogP contribution >= 0.6 is 15.9 Å². The predicted octanol–water partition coefficient (Wildman–Crippen LogP) is 2.25. The zero-order valence-corrected chi connectivity index (χ0v) is 12.3. The molecule has 1 fully saturated rings. The molecule has 4 nitrogen and oxygen atoms in total. The number of carbonyl (C=O) groups is 1. The lowest BCUT2D eigenvalue weighted by molar-refractivity contribution is 0.211. The van der Waals surface area contributed by atoms with Crippen molar-refractivity contribution < 1.29 is 9.18 Å². The third kappa shape index (κ3) is 3.25. The third-order valence-electron chi connectivity index (χ3n) is 3.26. The van der Waals surface area contributed by atoms with Crippen LogP contribution in [0.1, 0.15) is 18.5 Å². The molecule has 1 saturated heterocycles. The monoisotopic (exact) mass is 329 g/mol. The SMILES string of the molecule is CC(CN)CN1CC(c2cc(Br)ccc2F)NC1=O. The summed E-state index contributed by atoms with van der Waals surface area (Å²) in [6.07, 6.45) is 0. The molecule has 0 aliphatic carbocycles. The maximum Gasteiger partial charge on any atom is 0.318 e. The first-order chi connectivity index (χ1) is 9.01. The molecule has 0 bridgehead atoms. The van der Waals surface area contributed by atoms with Crippen molar-refractivity contribution in [2.24, 2.45) is 11.7 Å². The van der Waals surface area contributed by atoms with Gasteiger partial charge in [-0.2, -0.15) is 0 Å². The summed E-state index contributed by atoms with van der Waals surface area (Å²) in [4.78, 5) is 13.5. The molecule has 0 aromatic heterocycles. The van der Waals surface area contributed by atoms with E-state index in [1.165, 1.54) is 6.07 Å². The Morgan fingerprint density at radius 3 is 3.05 bits per heavy atom. The molecular weight excluding hydrogens is 313 g/mol. The highest BCUT2D eigenvalue weighted by Gasteiger charge is 2.31. The Bertz CT molecular complexity index is 483. The van der Waals surface area contributed by atoms with Crippen LogP contribution in [0.15, 0.2) is 22.7 Å². The molecule has 6 heteroatoms. The molecule has 1 aromatic carbocycles. The topological polar surface area (TPSA) is 58.4 Å². The average molecular weight is 330 g/mol. The van der Waals surface area contributed by atoms with Crippen LogP contribution in [0.3, 0.4) is 0 Å². The third-order valence-corrected chi connectivity index (χ3v) is 3.75. The summed E-state index contributed by atoms with van der Waals surface area (Å²) in [6, 6.07) is 4.27. The number of hydrogen-bond donors (Lipinski definition) is 2. The number of halogens is 2. The highest BCUT2D eigenvalue weighted by Crippen LogP contribution is 2.26. The van der Waals surface area contributed by atoms with E-state index in [-0.39, 0.29) is 23.8 Å². The number of hydrogen-bond acceptors (Lipinski definition) is 2. The van der Waals surface area contributed by atoms with Crippen LogP contribution in [0.25, 0.3) is 0 Å². The largest absolute Gasteiger partial charge is 0.330 e. The van der Waals surface area contributed by atoms with E-state index in [1.54, 1.807) is 17.0 Å². The average Bonchev–Trinajstić information content (AvgIpc) is 2.73. The van der Waals surface area contributed by atoms with Gasteiger partial charge >= 0.3 is 6.03 Å². The van der Waals surface area contributed by atoms with E-state index < -0.39 is 0 Å². The minimum atomic E-state index is -0.310. The van der Waals surface area contributed by atoms with Crippen LogP contribution in [0.4, 0.5) is 9.18 Å². The summed E-state index contributed by atoms with van der Waals surface area (Å²) >= 11 is 3.32. The van der Waals surface area contributed by atoms with Crippen molar-refractivity contribution in [1.82, 2.24) is 10.2 Å². The number of nitrogens with one attached hydrogen (secondary N) is 1. The molecule has 2 amide bonds. The van der Waals surface area contributed by atoms with Crippen molar-refractivity contribution in [1.29, 1.82) is 0 Å². The molecule has 1 aliphatic heterocycles. The molecule has 2 rings (SSSR count). The van der Waals surface area contributed by atoms with Crippen LogP contribution in [0.2, 0.25) is 0 Å². The summed E-state index contributed by atoms with van der Waals surface area (Å²) in [5.41, 5.74) is 6.07. The molecule has 19 heavy (non-hydrogen) atoms. The highest BCUT2D eigenvalue weighted by atomic mass is 79.9. The van der Waals surface area contributed by atoms with Gasteiger partial charge in [-0.05, 0) is 30.7 Å². The summed E-state index contributed by atoms with van der Waals surface area (Å²) < 4.78 is 14.6. The molecule has 2 atom stereocenters. The first-order valence-corrected chi connectivity index (χ1v) is 7.01. The van der Waals surface area contributed by atoms with Crippen molar-refractivity contribution in [3.05, 3.63) is 34.1 Å². The second kappa shape index (κ2) is 5.88. The van der Waals surface area contributed by atoms with Gasteiger partial charge < -0.3 is 16.0 Å². The van der Waals surface area contributed by atoms with Crippen LogP contribution in [-0.2, 0) is 0 Å². The predicted molar refractivity (Wildman–Crippen MR) is 75.2 cm³/mol. The van der Waals surface area contributed by atoms with E-state index in [2.05, 4.69) is 21.2 Å². The van der Waals surface area contributed by atoms with Crippen LogP contribution in [0.5, 0.6) is 0 Å². The van der Waals surface area contributed by atoms with Crippen LogP contribution in [0, 0.1) is 11.7 Å². The van der Waals surface area contributed by atoms with Crippen molar-refractivity contribution in [3.8, 4) is 0 Å².